The zero-order valence-electron chi connectivity index (χ0n) is 15.1. The van der Waals surface area contributed by atoms with E-state index in [4.69, 9.17) is 11.6 Å². The van der Waals surface area contributed by atoms with Crippen molar-refractivity contribution in [3.63, 3.8) is 0 Å². The Kier molecular flexibility index (Phi) is 5.62. The lowest BCUT2D eigenvalue weighted by molar-refractivity contribution is -0.121. The van der Waals surface area contributed by atoms with Gasteiger partial charge in [0, 0.05) is 35.3 Å². The molecule has 0 atom stereocenters. The second-order valence-electron chi connectivity index (χ2n) is 6.89. The predicted octanol–water partition coefficient (Wildman–Crippen LogP) is 4.45. The molecule has 0 aliphatic carbocycles. The fourth-order valence-electron chi connectivity index (χ4n) is 3.14. The third-order valence-electron chi connectivity index (χ3n) is 4.89. The van der Waals surface area contributed by atoms with Crippen molar-refractivity contribution in [3.8, 4) is 0 Å². The first-order valence-electron chi connectivity index (χ1n) is 8.87. The van der Waals surface area contributed by atoms with E-state index in [-0.39, 0.29) is 17.7 Å². The lowest BCUT2D eigenvalue weighted by Crippen LogP contribution is -2.41. The molecule has 1 heterocycles. The first-order valence-corrected chi connectivity index (χ1v) is 9.25. The summed E-state index contributed by atoms with van der Waals surface area (Å²) in [5, 5.41) is 3.57. The molecule has 0 unspecified atom stereocenters. The average molecular weight is 371 g/mol. The van der Waals surface area contributed by atoms with Gasteiger partial charge < -0.3 is 10.2 Å². The molecule has 136 valence electrons. The number of carbonyl (C=O) groups is 2. The number of carbonyl (C=O) groups excluding carboxylic acids is 2. The Morgan fingerprint density at radius 3 is 2.31 bits per heavy atom. The van der Waals surface area contributed by atoms with Gasteiger partial charge in [-0.05, 0) is 56.5 Å². The normalized spacial score (nSPS) is 15.0. The summed E-state index contributed by atoms with van der Waals surface area (Å²) in [6.45, 7) is 5.12. The molecule has 1 aliphatic rings. The Morgan fingerprint density at radius 2 is 1.69 bits per heavy atom. The van der Waals surface area contributed by atoms with Crippen LogP contribution in [0.3, 0.4) is 0 Å². The highest BCUT2D eigenvalue weighted by atomic mass is 35.5. The molecule has 0 saturated carbocycles. The number of halogens is 1. The van der Waals surface area contributed by atoms with Crippen molar-refractivity contribution >= 4 is 29.1 Å². The van der Waals surface area contributed by atoms with E-state index in [1.54, 1.807) is 6.07 Å². The molecule has 0 spiro atoms. The van der Waals surface area contributed by atoms with Crippen LogP contribution in [0.2, 0.25) is 5.02 Å². The van der Waals surface area contributed by atoms with Crippen molar-refractivity contribution in [3.05, 3.63) is 64.2 Å². The maximum absolute atomic E-state index is 12.6. The predicted molar refractivity (Wildman–Crippen MR) is 105 cm³/mol. The number of anilines is 1. The van der Waals surface area contributed by atoms with Gasteiger partial charge in [-0.1, -0.05) is 35.4 Å². The van der Waals surface area contributed by atoms with Gasteiger partial charge in [0.05, 0.1) is 0 Å². The van der Waals surface area contributed by atoms with Gasteiger partial charge in [-0.15, -0.1) is 0 Å². The van der Waals surface area contributed by atoms with Crippen LogP contribution < -0.4 is 5.32 Å². The molecule has 2 aromatic carbocycles. The van der Waals surface area contributed by atoms with Gasteiger partial charge in [-0.25, -0.2) is 0 Å². The molecule has 2 amide bonds. The molecule has 1 fully saturated rings. The Balaban J connectivity index is 1.55. The lowest BCUT2D eigenvalue weighted by Gasteiger charge is -2.31. The van der Waals surface area contributed by atoms with E-state index in [0.29, 0.717) is 42.2 Å². The minimum absolute atomic E-state index is 0.00708. The Bertz CT molecular complexity index is 809. The summed E-state index contributed by atoms with van der Waals surface area (Å²) in [5.41, 5.74) is 3.53. The Labute approximate surface area is 159 Å². The highest BCUT2D eigenvalue weighted by molar-refractivity contribution is 6.31. The van der Waals surface area contributed by atoms with Crippen LogP contribution in [0.15, 0.2) is 42.5 Å². The summed E-state index contributed by atoms with van der Waals surface area (Å²) in [6.07, 6.45) is 1.34. The smallest absolute Gasteiger partial charge is 0.253 e. The number of hydrogen-bond donors (Lipinski definition) is 1. The number of piperidine rings is 1. The van der Waals surface area contributed by atoms with E-state index in [2.05, 4.69) is 5.32 Å². The third kappa shape index (κ3) is 4.25. The molecular weight excluding hydrogens is 348 g/mol. The summed E-state index contributed by atoms with van der Waals surface area (Å²) in [5.74, 6) is -0.0568. The lowest BCUT2D eigenvalue weighted by atomic mass is 9.95. The van der Waals surface area contributed by atoms with E-state index in [0.717, 1.165) is 11.1 Å². The molecule has 2 aromatic rings. The number of rotatable bonds is 3. The van der Waals surface area contributed by atoms with E-state index >= 15 is 0 Å². The number of aryl methyl sites for hydroxylation is 2. The highest BCUT2D eigenvalue weighted by Crippen LogP contribution is 2.23. The number of benzene rings is 2. The minimum atomic E-state index is -0.0860. The summed E-state index contributed by atoms with van der Waals surface area (Å²) < 4.78 is 0. The van der Waals surface area contributed by atoms with Gasteiger partial charge in [-0.3, -0.25) is 9.59 Å². The Morgan fingerprint density at radius 1 is 1.04 bits per heavy atom. The van der Waals surface area contributed by atoms with Crippen molar-refractivity contribution in [2.24, 2.45) is 5.92 Å². The topological polar surface area (TPSA) is 49.4 Å². The molecule has 4 nitrogen and oxygen atoms in total. The second-order valence-corrected chi connectivity index (χ2v) is 7.29. The van der Waals surface area contributed by atoms with Crippen molar-refractivity contribution in [2.75, 3.05) is 18.4 Å². The molecule has 0 radical (unpaired) electrons. The van der Waals surface area contributed by atoms with Crippen LogP contribution >= 0.6 is 11.6 Å². The van der Waals surface area contributed by atoms with Crippen LogP contribution in [-0.2, 0) is 4.79 Å². The zero-order chi connectivity index (χ0) is 18.7. The maximum atomic E-state index is 12.6. The standard InChI is InChI=1S/C21H23ClN2O2/c1-14-3-6-17(7-4-14)21(26)24-11-9-16(10-12-24)20(25)23-18-8-5-15(2)19(22)13-18/h3-8,13,16H,9-12H2,1-2H3,(H,23,25). The van der Waals surface area contributed by atoms with Crippen LogP contribution in [0.1, 0.15) is 34.3 Å². The summed E-state index contributed by atoms with van der Waals surface area (Å²) in [7, 11) is 0. The summed E-state index contributed by atoms with van der Waals surface area (Å²) >= 11 is 6.11. The summed E-state index contributed by atoms with van der Waals surface area (Å²) in [6, 6.07) is 13.1. The quantitative estimate of drug-likeness (QED) is 0.867. The molecule has 1 aliphatic heterocycles. The van der Waals surface area contributed by atoms with Gasteiger partial charge in [0.25, 0.3) is 5.91 Å². The molecule has 3 rings (SSSR count). The highest BCUT2D eigenvalue weighted by Gasteiger charge is 2.27. The van der Waals surface area contributed by atoms with Crippen molar-refractivity contribution in [1.29, 1.82) is 0 Å². The zero-order valence-corrected chi connectivity index (χ0v) is 15.8. The van der Waals surface area contributed by atoms with Crippen molar-refractivity contribution < 1.29 is 9.59 Å². The van der Waals surface area contributed by atoms with E-state index in [1.165, 1.54) is 0 Å². The number of likely N-dealkylation sites (tertiary alicyclic amines) is 1. The van der Waals surface area contributed by atoms with Crippen LogP contribution in [0.4, 0.5) is 5.69 Å². The van der Waals surface area contributed by atoms with E-state index in [9.17, 15) is 9.59 Å². The second kappa shape index (κ2) is 7.92. The van der Waals surface area contributed by atoms with Crippen LogP contribution in [0.25, 0.3) is 0 Å². The van der Waals surface area contributed by atoms with Gasteiger partial charge in [0.15, 0.2) is 0 Å². The van der Waals surface area contributed by atoms with Crippen molar-refractivity contribution in [2.45, 2.75) is 26.7 Å². The van der Waals surface area contributed by atoms with Gasteiger partial charge in [0.1, 0.15) is 0 Å². The first kappa shape index (κ1) is 18.5. The minimum Gasteiger partial charge on any atom is -0.339 e. The molecule has 1 saturated heterocycles. The van der Waals surface area contributed by atoms with Gasteiger partial charge in [-0.2, -0.15) is 0 Å². The Hall–Kier alpha value is -2.33. The molecule has 5 heteroatoms. The summed E-state index contributed by atoms with van der Waals surface area (Å²) in [4.78, 5) is 26.9. The first-order chi connectivity index (χ1) is 12.4. The largest absolute Gasteiger partial charge is 0.339 e. The van der Waals surface area contributed by atoms with Gasteiger partial charge in [0.2, 0.25) is 5.91 Å². The maximum Gasteiger partial charge on any atom is 0.253 e. The van der Waals surface area contributed by atoms with Crippen LogP contribution in [0, 0.1) is 19.8 Å². The molecule has 1 N–H and O–H groups in total. The van der Waals surface area contributed by atoms with Crippen molar-refractivity contribution in [1.82, 2.24) is 4.90 Å². The number of nitrogens with zero attached hydrogens (tertiary/aromatic N) is 1. The number of nitrogens with one attached hydrogen (secondary N) is 1. The molecule has 0 aromatic heterocycles. The molecule has 0 bridgehead atoms. The van der Waals surface area contributed by atoms with Crippen LogP contribution in [-0.4, -0.2) is 29.8 Å². The van der Waals surface area contributed by atoms with Gasteiger partial charge >= 0.3 is 0 Å². The van der Waals surface area contributed by atoms with E-state index < -0.39 is 0 Å². The SMILES string of the molecule is Cc1ccc(C(=O)N2CCC(C(=O)Nc3ccc(C)c(Cl)c3)CC2)cc1. The fourth-order valence-corrected chi connectivity index (χ4v) is 3.32. The fraction of sp³-hybridized carbons (Fsp3) is 0.333. The third-order valence-corrected chi connectivity index (χ3v) is 5.30. The molecule has 26 heavy (non-hydrogen) atoms. The van der Waals surface area contributed by atoms with E-state index in [1.807, 2.05) is 55.1 Å². The number of hydrogen-bond acceptors (Lipinski definition) is 2. The average Bonchev–Trinajstić information content (AvgIpc) is 2.65. The monoisotopic (exact) mass is 370 g/mol. The van der Waals surface area contributed by atoms with Crippen LogP contribution in [0.5, 0.6) is 0 Å². The molecular formula is C21H23ClN2O2. The number of amides is 2.